The molecule has 0 aliphatic carbocycles. The van der Waals surface area contributed by atoms with E-state index in [1.165, 1.54) is 6.07 Å². The molecule has 1 aromatic rings. The smallest absolute Gasteiger partial charge is 0.342 e. The molecule has 2 rings (SSSR count). The largest absolute Gasteiger partial charge is 0.405 e. The van der Waals surface area contributed by atoms with Gasteiger partial charge in [0.25, 0.3) is 5.91 Å². The van der Waals surface area contributed by atoms with Crippen molar-refractivity contribution in [1.82, 2.24) is 20.8 Å². The number of amides is 1. The highest BCUT2D eigenvalue weighted by Crippen LogP contribution is 2.23. The number of rotatable bonds is 3. The minimum Gasteiger partial charge on any atom is -0.342 e. The third-order valence-electron chi connectivity index (χ3n) is 3.06. The Hall–Kier alpha value is -1.28. The molecule has 0 unspecified atom stereocenters. The Labute approximate surface area is 120 Å². The van der Waals surface area contributed by atoms with Crippen molar-refractivity contribution in [1.29, 1.82) is 0 Å². The number of carbonyl (C=O) groups excluding carboxylic acids is 1. The van der Waals surface area contributed by atoms with Crippen molar-refractivity contribution in [2.24, 2.45) is 0 Å². The number of hydrogen-bond donors (Lipinski definition) is 3. The van der Waals surface area contributed by atoms with E-state index in [0.29, 0.717) is 0 Å². The van der Waals surface area contributed by atoms with Crippen molar-refractivity contribution >= 4 is 18.3 Å². The van der Waals surface area contributed by atoms with Gasteiger partial charge >= 0.3 is 6.18 Å². The Morgan fingerprint density at radius 3 is 2.65 bits per heavy atom. The van der Waals surface area contributed by atoms with E-state index in [2.05, 4.69) is 15.5 Å². The minimum atomic E-state index is -4.41. The van der Waals surface area contributed by atoms with Crippen molar-refractivity contribution in [2.45, 2.75) is 24.9 Å². The molecule has 0 saturated carbocycles. The third-order valence-corrected chi connectivity index (χ3v) is 3.06. The average Bonchev–Trinajstić information content (AvgIpc) is 2.86. The Morgan fingerprint density at radius 1 is 1.40 bits per heavy atom. The van der Waals surface area contributed by atoms with Gasteiger partial charge in [-0.25, -0.2) is 0 Å². The molecular formula is C11H16ClF3N4O. The van der Waals surface area contributed by atoms with E-state index in [0.717, 1.165) is 31.6 Å². The summed E-state index contributed by atoms with van der Waals surface area (Å²) >= 11 is 0. The molecule has 0 spiro atoms. The van der Waals surface area contributed by atoms with Gasteiger partial charge in [-0.15, -0.1) is 12.4 Å². The predicted octanol–water partition coefficient (Wildman–Crippen LogP) is 1.59. The summed E-state index contributed by atoms with van der Waals surface area (Å²) in [6.45, 7) is 0.431. The first-order chi connectivity index (χ1) is 8.96. The number of H-pyrrole nitrogens is 1. The fraction of sp³-hybridized carbons (Fsp3) is 0.636. The van der Waals surface area contributed by atoms with E-state index in [4.69, 9.17) is 0 Å². The van der Waals surface area contributed by atoms with Crippen molar-refractivity contribution in [3.05, 3.63) is 17.5 Å². The Balaban J connectivity index is 0.00000200. The molecule has 1 aliphatic rings. The van der Waals surface area contributed by atoms with Crippen LogP contribution in [0.2, 0.25) is 0 Å². The quantitative estimate of drug-likeness (QED) is 0.794. The normalized spacial score (nSPS) is 16.6. The molecule has 20 heavy (non-hydrogen) atoms. The number of aromatic amines is 1. The van der Waals surface area contributed by atoms with Gasteiger partial charge in [-0.2, -0.15) is 18.3 Å². The van der Waals surface area contributed by atoms with Crippen LogP contribution in [0.3, 0.4) is 0 Å². The van der Waals surface area contributed by atoms with Gasteiger partial charge in [-0.05, 0) is 32.0 Å². The highest BCUT2D eigenvalue weighted by molar-refractivity contribution is 5.92. The molecule has 1 aromatic heterocycles. The van der Waals surface area contributed by atoms with Crippen molar-refractivity contribution in [3.8, 4) is 0 Å². The number of carbonyl (C=O) groups is 1. The first-order valence-corrected chi connectivity index (χ1v) is 6.07. The summed E-state index contributed by atoms with van der Waals surface area (Å²) in [4.78, 5) is 11.5. The molecule has 114 valence electrons. The van der Waals surface area contributed by atoms with E-state index in [1.54, 1.807) is 5.32 Å². The molecule has 1 fully saturated rings. The number of alkyl halides is 3. The summed E-state index contributed by atoms with van der Waals surface area (Å²) in [7, 11) is 0. The lowest BCUT2D eigenvalue weighted by Gasteiger charge is -2.20. The van der Waals surface area contributed by atoms with Crippen molar-refractivity contribution < 1.29 is 18.0 Å². The van der Waals surface area contributed by atoms with Gasteiger partial charge in [0.15, 0.2) is 0 Å². The summed E-state index contributed by atoms with van der Waals surface area (Å²) in [5, 5.41) is 11.5. The molecular weight excluding hydrogens is 297 g/mol. The van der Waals surface area contributed by atoms with Crippen LogP contribution in [-0.4, -0.2) is 41.9 Å². The summed E-state index contributed by atoms with van der Waals surface area (Å²) in [5.74, 6) is -0.535. The number of nitrogens with one attached hydrogen (secondary N) is 3. The predicted molar refractivity (Wildman–Crippen MR) is 69.1 cm³/mol. The number of piperidine rings is 1. The van der Waals surface area contributed by atoms with Crippen LogP contribution >= 0.6 is 12.4 Å². The molecule has 0 aromatic carbocycles. The van der Waals surface area contributed by atoms with E-state index < -0.39 is 18.6 Å². The van der Waals surface area contributed by atoms with Crippen LogP contribution in [0.4, 0.5) is 13.2 Å². The zero-order valence-corrected chi connectivity index (χ0v) is 11.4. The SMILES string of the molecule is Cl.O=C(NCC(F)(F)F)c1cc(C2CCNCC2)[nH]n1. The summed E-state index contributed by atoms with van der Waals surface area (Å²) in [6, 6.07) is 1.53. The molecule has 3 N–H and O–H groups in total. The molecule has 0 radical (unpaired) electrons. The van der Waals surface area contributed by atoms with Gasteiger partial charge in [-0.3, -0.25) is 9.89 Å². The van der Waals surface area contributed by atoms with Crippen LogP contribution < -0.4 is 10.6 Å². The maximum atomic E-state index is 12.0. The zero-order chi connectivity index (χ0) is 13.9. The number of aromatic nitrogens is 2. The van der Waals surface area contributed by atoms with E-state index in [-0.39, 0.29) is 24.0 Å². The molecule has 0 atom stereocenters. The second kappa shape index (κ2) is 6.94. The number of hydrogen-bond acceptors (Lipinski definition) is 3. The molecule has 9 heteroatoms. The lowest BCUT2D eigenvalue weighted by molar-refractivity contribution is -0.123. The first-order valence-electron chi connectivity index (χ1n) is 6.07. The Morgan fingerprint density at radius 2 is 2.05 bits per heavy atom. The Kier molecular flexibility index (Phi) is 5.82. The van der Waals surface area contributed by atoms with Crippen LogP contribution in [-0.2, 0) is 0 Å². The van der Waals surface area contributed by atoms with Gasteiger partial charge in [0.05, 0.1) is 0 Å². The fourth-order valence-corrected chi connectivity index (χ4v) is 2.07. The summed E-state index contributed by atoms with van der Waals surface area (Å²) in [5.41, 5.74) is 0.802. The highest BCUT2D eigenvalue weighted by Gasteiger charge is 2.28. The van der Waals surface area contributed by atoms with Crippen LogP contribution in [0.1, 0.15) is 34.9 Å². The molecule has 5 nitrogen and oxygen atoms in total. The van der Waals surface area contributed by atoms with E-state index in [1.807, 2.05) is 0 Å². The first kappa shape index (κ1) is 16.8. The molecule has 2 heterocycles. The average molecular weight is 313 g/mol. The lowest BCUT2D eigenvalue weighted by atomic mass is 9.94. The van der Waals surface area contributed by atoms with Crippen molar-refractivity contribution in [3.63, 3.8) is 0 Å². The van der Waals surface area contributed by atoms with Crippen LogP contribution in [0, 0.1) is 0 Å². The second-order valence-corrected chi connectivity index (χ2v) is 4.53. The highest BCUT2D eigenvalue weighted by atomic mass is 35.5. The van der Waals surface area contributed by atoms with Gasteiger partial charge in [0.1, 0.15) is 12.2 Å². The number of nitrogens with zero attached hydrogens (tertiary/aromatic N) is 1. The number of halogens is 4. The fourth-order valence-electron chi connectivity index (χ4n) is 2.07. The summed E-state index contributed by atoms with van der Waals surface area (Å²) < 4.78 is 35.9. The van der Waals surface area contributed by atoms with Crippen LogP contribution in [0.15, 0.2) is 6.07 Å². The standard InChI is InChI=1S/C11H15F3N4O.ClH/c12-11(13,14)6-16-10(19)9-5-8(17-18-9)7-1-3-15-4-2-7;/h5,7,15H,1-4,6H2,(H,16,19)(H,17,18);1H. The monoisotopic (exact) mass is 312 g/mol. The van der Waals surface area contributed by atoms with Crippen molar-refractivity contribution in [2.75, 3.05) is 19.6 Å². The summed E-state index contributed by atoms with van der Waals surface area (Å²) in [6.07, 6.45) is -2.57. The zero-order valence-electron chi connectivity index (χ0n) is 10.6. The lowest BCUT2D eigenvalue weighted by Crippen LogP contribution is -2.33. The van der Waals surface area contributed by atoms with Gasteiger partial charge in [0.2, 0.25) is 0 Å². The topological polar surface area (TPSA) is 69.8 Å². The molecule has 1 aliphatic heterocycles. The maximum absolute atomic E-state index is 12.0. The molecule has 0 bridgehead atoms. The molecule has 1 saturated heterocycles. The van der Waals surface area contributed by atoms with Crippen LogP contribution in [0.25, 0.3) is 0 Å². The maximum Gasteiger partial charge on any atom is 0.405 e. The van der Waals surface area contributed by atoms with Gasteiger partial charge < -0.3 is 10.6 Å². The second-order valence-electron chi connectivity index (χ2n) is 4.53. The van der Waals surface area contributed by atoms with E-state index in [9.17, 15) is 18.0 Å². The van der Waals surface area contributed by atoms with E-state index >= 15 is 0 Å². The third kappa shape index (κ3) is 4.68. The van der Waals surface area contributed by atoms with Crippen LogP contribution in [0.5, 0.6) is 0 Å². The minimum absolute atomic E-state index is 0. The molecule has 1 amide bonds. The van der Waals surface area contributed by atoms with Gasteiger partial charge in [0, 0.05) is 11.6 Å². The van der Waals surface area contributed by atoms with Gasteiger partial charge in [-0.1, -0.05) is 0 Å². The Bertz CT molecular complexity index is 443.